The molecule has 11 heteroatoms. The Hall–Kier alpha value is -3.35. The number of ether oxygens (including phenoxy) is 4. The van der Waals surface area contributed by atoms with Gasteiger partial charge in [0.2, 0.25) is 5.78 Å². The predicted octanol–water partition coefficient (Wildman–Crippen LogP) is 2.53. The second kappa shape index (κ2) is 9.58. The summed E-state index contributed by atoms with van der Waals surface area (Å²) in [6, 6.07) is 4.59. The van der Waals surface area contributed by atoms with Crippen molar-refractivity contribution in [2.75, 3.05) is 13.7 Å². The molecule has 3 aliphatic heterocycles. The minimum absolute atomic E-state index is 0.0155. The van der Waals surface area contributed by atoms with Crippen LogP contribution in [0.1, 0.15) is 88.6 Å². The first-order valence-corrected chi connectivity index (χ1v) is 14.4. The normalized spacial score (nSPS) is 33.4. The highest BCUT2D eigenvalue weighted by Crippen LogP contribution is 2.53. The molecule has 2 aromatic rings. The van der Waals surface area contributed by atoms with Crippen molar-refractivity contribution in [3.05, 3.63) is 51.6 Å². The van der Waals surface area contributed by atoms with E-state index in [9.17, 15) is 29.7 Å². The van der Waals surface area contributed by atoms with E-state index in [4.69, 9.17) is 18.9 Å². The lowest BCUT2D eigenvalue weighted by atomic mass is 9.72. The van der Waals surface area contributed by atoms with Crippen molar-refractivity contribution in [2.45, 2.75) is 88.4 Å². The number of aromatic hydroxyl groups is 2. The molecule has 222 valence electrons. The van der Waals surface area contributed by atoms with Crippen LogP contribution in [0.2, 0.25) is 0 Å². The van der Waals surface area contributed by atoms with Crippen LogP contribution in [-0.4, -0.2) is 87.6 Å². The first-order valence-electron chi connectivity index (χ1n) is 14.4. The Labute approximate surface area is 241 Å². The molecule has 3 saturated heterocycles. The Morgan fingerprint density at radius 3 is 2.60 bits per heavy atom. The highest BCUT2D eigenvalue weighted by Gasteiger charge is 2.53. The average Bonchev–Trinajstić information content (AvgIpc) is 3.55. The van der Waals surface area contributed by atoms with Gasteiger partial charge in [0.05, 0.1) is 36.0 Å². The van der Waals surface area contributed by atoms with Gasteiger partial charge in [-0.1, -0.05) is 12.1 Å². The average molecular weight is 580 g/mol. The summed E-state index contributed by atoms with van der Waals surface area (Å²) in [7, 11) is 1.37. The fourth-order valence-electron chi connectivity index (χ4n) is 7.58. The summed E-state index contributed by atoms with van der Waals surface area (Å²) in [6.45, 7) is 4.05. The van der Waals surface area contributed by atoms with Gasteiger partial charge < -0.3 is 34.3 Å². The van der Waals surface area contributed by atoms with E-state index < -0.39 is 46.8 Å². The van der Waals surface area contributed by atoms with Crippen molar-refractivity contribution in [3.8, 4) is 17.2 Å². The number of ketones is 3. The highest BCUT2D eigenvalue weighted by atomic mass is 16.7. The van der Waals surface area contributed by atoms with Crippen molar-refractivity contribution in [2.24, 2.45) is 0 Å². The number of carbonyl (C=O) groups excluding carboxylic acids is 3. The Bertz CT molecular complexity index is 1540. The number of carbonyl (C=O) groups is 3. The monoisotopic (exact) mass is 579 g/mol. The van der Waals surface area contributed by atoms with Crippen LogP contribution in [0, 0.1) is 0 Å². The Kier molecular flexibility index (Phi) is 6.27. The third-order valence-electron chi connectivity index (χ3n) is 9.67. The molecule has 11 nitrogen and oxygen atoms in total. The topological polar surface area (TPSA) is 152 Å². The molecule has 3 N–H and O–H groups in total. The first kappa shape index (κ1) is 27.5. The molecule has 0 spiro atoms. The SMILES string of the molecule is COc1cccc2c1C(=O)c1c(O)c3c(c(O)c1C2=O)C[C@@](O)(C(C)=O)C[C@@H]3O[C@@H]1CC2C(OC3CCCN32)[C@H](C)O1. The van der Waals surface area contributed by atoms with Crippen molar-refractivity contribution in [1.29, 1.82) is 0 Å². The zero-order chi connectivity index (χ0) is 29.7. The number of aliphatic hydroxyl groups is 1. The van der Waals surface area contributed by atoms with Gasteiger partial charge in [-0.15, -0.1) is 0 Å². The lowest BCUT2D eigenvalue weighted by Crippen LogP contribution is -2.51. The van der Waals surface area contributed by atoms with E-state index in [2.05, 4.69) is 4.90 Å². The summed E-state index contributed by atoms with van der Waals surface area (Å²) in [5.74, 6) is -2.87. The van der Waals surface area contributed by atoms with E-state index in [0.29, 0.717) is 6.42 Å². The second-order valence-corrected chi connectivity index (χ2v) is 12.0. The molecule has 2 aromatic carbocycles. The number of phenolic OH excluding ortho intramolecular Hbond substituents is 2. The van der Waals surface area contributed by atoms with Gasteiger partial charge in [0.25, 0.3) is 0 Å². The lowest BCUT2D eigenvalue weighted by Gasteiger charge is -2.42. The van der Waals surface area contributed by atoms with Crippen LogP contribution < -0.4 is 4.74 Å². The maximum Gasteiger partial charge on any atom is 0.202 e. The molecule has 0 aromatic heterocycles. The number of Topliss-reactive ketones (excluding diaryl/α,β-unsaturated/α-hetero) is 1. The van der Waals surface area contributed by atoms with E-state index >= 15 is 0 Å². The van der Waals surface area contributed by atoms with Crippen molar-refractivity contribution >= 4 is 17.3 Å². The Morgan fingerprint density at radius 2 is 1.86 bits per heavy atom. The van der Waals surface area contributed by atoms with Gasteiger partial charge in [0.15, 0.2) is 17.9 Å². The minimum Gasteiger partial charge on any atom is -0.507 e. The summed E-state index contributed by atoms with van der Waals surface area (Å²) < 4.78 is 24.2. The second-order valence-electron chi connectivity index (χ2n) is 12.0. The van der Waals surface area contributed by atoms with Crippen molar-refractivity contribution < 1.29 is 48.7 Å². The summed E-state index contributed by atoms with van der Waals surface area (Å²) in [5.41, 5.74) is -2.65. The van der Waals surface area contributed by atoms with Gasteiger partial charge in [-0.05, 0) is 32.8 Å². The number of benzene rings is 2. The van der Waals surface area contributed by atoms with Crippen molar-refractivity contribution in [1.82, 2.24) is 4.90 Å². The number of nitrogens with zero attached hydrogens (tertiary/aromatic N) is 1. The molecule has 3 fully saturated rings. The maximum atomic E-state index is 13.8. The summed E-state index contributed by atoms with van der Waals surface area (Å²) in [6.07, 6.45) is -0.469. The van der Waals surface area contributed by atoms with Crippen LogP contribution in [0.4, 0.5) is 0 Å². The lowest BCUT2D eigenvalue weighted by molar-refractivity contribution is -0.247. The van der Waals surface area contributed by atoms with Crippen LogP contribution >= 0.6 is 0 Å². The molecule has 0 bridgehead atoms. The predicted molar refractivity (Wildman–Crippen MR) is 145 cm³/mol. The molecule has 5 aliphatic rings. The molecular formula is C31H33NO10. The molecule has 0 amide bonds. The Morgan fingerprint density at radius 1 is 1.10 bits per heavy atom. The number of hydrogen-bond donors (Lipinski definition) is 3. The smallest absolute Gasteiger partial charge is 0.202 e. The van der Waals surface area contributed by atoms with Gasteiger partial charge in [-0.2, -0.15) is 0 Å². The fraction of sp³-hybridized carbons (Fsp3) is 0.516. The largest absolute Gasteiger partial charge is 0.507 e. The van der Waals surface area contributed by atoms with E-state index in [0.717, 1.165) is 19.4 Å². The quantitative estimate of drug-likeness (QED) is 0.391. The number of phenols is 2. The molecule has 42 heavy (non-hydrogen) atoms. The third-order valence-corrected chi connectivity index (χ3v) is 9.67. The van der Waals surface area contributed by atoms with Crippen molar-refractivity contribution in [3.63, 3.8) is 0 Å². The summed E-state index contributed by atoms with van der Waals surface area (Å²) in [4.78, 5) is 42.4. The standard InChI is InChI=1S/C31H33NO10/c1-13-30-17(32-9-5-8-20(32)42-30)10-21(40-13)41-19-12-31(38,14(2)33)11-16-23(19)29(37)25-24(27(16)35)26(34)15-6-4-7-18(39-3)22(15)28(25)36/h4,6-7,13,17,19-21,30,35,37-38H,5,8-12H2,1-3H3/t13-,17?,19-,20?,21+,30?,31-/m0/s1. The first-order chi connectivity index (χ1) is 20.0. The fourth-order valence-corrected chi connectivity index (χ4v) is 7.58. The number of fused-ring (bicyclic) bond motifs is 6. The molecule has 3 unspecified atom stereocenters. The highest BCUT2D eigenvalue weighted by molar-refractivity contribution is 6.31. The van der Waals surface area contributed by atoms with Crippen LogP contribution in [0.3, 0.4) is 0 Å². The molecule has 3 heterocycles. The number of rotatable bonds is 4. The summed E-state index contributed by atoms with van der Waals surface area (Å²) >= 11 is 0. The third kappa shape index (κ3) is 3.80. The van der Waals surface area contributed by atoms with Crippen LogP contribution in [0.5, 0.6) is 17.2 Å². The summed E-state index contributed by atoms with van der Waals surface area (Å²) in [5, 5.41) is 34.6. The van der Waals surface area contributed by atoms with E-state index in [1.807, 2.05) is 6.92 Å². The molecule has 2 aliphatic carbocycles. The van der Waals surface area contributed by atoms with Gasteiger partial charge in [0, 0.05) is 48.5 Å². The Balaban J connectivity index is 1.32. The van der Waals surface area contributed by atoms with Gasteiger partial charge in [-0.3, -0.25) is 19.3 Å². The molecule has 0 saturated carbocycles. The van der Waals surface area contributed by atoms with Crippen LogP contribution in [0.25, 0.3) is 0 Å². The van der Waals surface area contributed by atoms with Gasteiger partial charge >= 0.3 is 0 Å². The number of methoxy groups -OCH3 is 1. The molecular weight excluding hydrogens is 546 g/mol. The zero-order valence-corrected chi connectivity index (χ0v) is 23.6. The van der Waals surface area contributed by atoms with Crippen LogP contribution in [0.15, 0.2) is 18.2 Å². The van der Waals surface area contributed by atoms with Gasteiger partial charge in [0.1, 0.15) is 35.2 Å². The van der Waals surface area contributed by atoms with Crippen LogP contribution in [-0.2, 0) is 25.4 Å². The van der Waals surface area contributed by atoms with E-state index in [1.54, 1.807) is 6.07 Å². The van der Waals surface area contributed by atoms with Gasteiger partial charge in [-0.25, -0.2) is 0 Å². The maximum absolute atomic E-state index is 13.8. The molecule has 7 rings (SSSR count). The molecule has 7 atom stereocenters. The zero-order valence-electron chi connectivity index (χ0n) is 23.6. The molecule has 0 radical (unpaired) electrons. The van der Waals surface area contributed by atoms with E-state index in [1.165, 1.54) is 26.2 Å². The van der Waals surface area contributed by atoms with E-state index in [-0.39, 0.29) is 76.4 Å². The number of hydrogen-bond acceptors (Lipinski definition) is 11. The minimum atomic E-state index is -1.95.